The number of ketones is 1. The molecule has 1 heterocycles. The van der Waals surface area contributed by atoms with Crippen LogP contribution in [0.15, 0.2) is 11.1 Å². The summed E-state index contributed by atoms with van der Waals surface area (Å²) in [6.45, 7) is 19.6. The van der Waals surface area contributed by atoms with Crippen LogP contribution in [0.2, 0.25) is 36.3 Å². The first-order valence-electron chi connectivity index (χ1n) is 17.1. The molecule has 0 amide bonds. The zero-order valence-electron chi connectivity index (χ0n) is 29.0. The van der Waals surface area contributed by atoms with Gasteiger partial charge in [-0.25, -0.2) is 4.79 Å². The topological polar surface area (TPSA) is 132 Å². The second-order valence-corrected chi connectivity index (χ2v) is 25.3. The van der Waals surface area contributed by atoms with Crippen molar-refractivity contribution in [3.8, 4) is 0 Å². The maximum atomic E-state index is 15.8. The van der Waals surface area contributed by atoms with Crippen molar-refractivity contribution in [2.75, 3.05) is 6.61 Å². The SMILES string of the molecule is CC[Si](CC)(CC)O[C@H]1C(=O)[C@]2(C)[C@@H](O[Si](CC)(CC)CC)C[C@H](Br)[C@@](O)(CO)[C@H]2[C@@H]2OC(=O)O[C@]23C[C@H](O)C(C)=C1C3(C)C. The molecule has 3 fully saturated rings. The summed E-state index contributed by atoms with van der Waals surface area (Å²) in [5.41, 5.74) is -4.55. The lowest BCUT2D eigenvalue weighted by atomic mass is 9.46. The predicted octanol–water partition coefficient (Wildman–Crippen LogP) is 6.24. The molecule has 1 saturated heterocycles. The van der Waals surface area contributed by atoms with Crippen LogP contribution in [0.25, 0.3) is 0 Å². The van der Waals surface area contributed by atoms with E-state index in [1.807, 2.05) is 27.7 Å². The summed E-state index contributed by atoms with van der Waals surface area (Å²) in [5.74, 6) is -1.39. The lowest BCUT2D eigenvalue weighted by molar-refractivity contribution is -0.229. The van der Waals surface area contributed by atoms with Crippen LogP contribution in [0, 0.1) is 16.7 Å². The number of ether oxygens (including phenoxy) is 2. The van der Waals surface area contributed by atoms with E-state index in [-0.39, 0.29) is 18.6 Å². The molecule has 258 valence electrons. The van der Waals surface area contributed by atoms with E-state index in [0.717, 1.165) is 36.3 Å². The molecule has 0 aromatic carbocycles. The van der Waals surface area contributed by atoms with Gasteiger partial charge in [-0.15, -0.1) is 0 Å². The molecule has 3 N–H and O–H groups in total. The largest absolute Gasteiger partial charge is 0.509 e. The van der Waals surface area contributed by atoms with Crippen molar-refractivity contribution in [2.45, 2.75) is 159 Å². The number of hydrogen-bond donors (Lipinski definition) is 3. The third-order valence-electron chi connectivity index (χ3n) is 13.1. The maximum Gasteiger partial charge on any atom is 0.509 e. The number of aliphatic hydroxyl groups excluding tert-OH is 2. The number of halogens is 1. The fourth-order valence-corrected chi connectivity index (χ4v) is 15.9. The quantitative estimate of drug-likeness (QED) is 0.0977. The van der Waals surface area contributed by atoms with E-state index in [2.05, 4.69) is 57.5 Å². The number of Topliss-reactive ketones (excluding diaryl/α,β-unsaturated/α-hetero) is 1. The van der Waals surface area contributed by atoms with Crippen molar-refractivity contribution in [3.05, 3.63) is 11.1 Å². The monoisotopic (exact) mass is 732 g/mol. The number of hydrogen-bond acceptors (Lipinski definition) is 9. The van der Waals surface area contributed by atoms with Crippen LogP contribution in [-0.4, -0.2) is 90.9 Å². The van der Waals surface area contributed by atoms with Gasteiger partial charge in [0.25, 0.3) is 0 Å². The smallest absolute Gasteiger partial charge is 0.426 e. The lowest BCUT2D eigenvalue weighted by Crippen LogP contribution is -2.77. The highest BCUT2D eigenvalue weighted by Gasteiger charge is 2.77. The molecule has 12 heteroatoms. The predicted molar refractivity (Wildman–Crippen MR) is 181 cm³/mol. The number of aliphatic hydroxyl groups is 3. The Balaban J connectivity index is 2.14. The van der Waals surface area contributed by atoms with E-state index >= 15 is 4.79 Å². The Morgan fingerprint density at radius 3 is 1.93 bits per heavy atom. The fourth-order valence-electron chi connectivity index (χ4n) is 9.42. The van der Waals surface area contributed by atoms with Crippen LogP contribution in [0.5, 0.6) is 0 Å². The van der Waals surface area contributed by atoms with E-state index in [9.17, 15) is 20.1 Å². The van der Waals surface area contributed by atoms with Crippen molar-refractivity contribution < 1.29 is 43.2 Å². The highest BCUT2D eigenvalue weighted by molar-refractivity contribution is 9.09. The molecular formula is C33H57BrO9Si2. The Kier molecular flexibility index (Phi) is 10.5. The van der Waals surface area contributed by atoms with Gasteiger partial charge in [-0.05, 0) is 67.7 Å². The van der Waals surface area contributed by atoms with Gasteiger partial charge < -0.3 is 33.6 Å². The first kappa shape index (κ1) is 37.2. The summed E-state index contributed by atoms with van der Waals surface area (Å²) in [6, 6.07) is 4.96. The second-order valence-electron chi connectivity index (χ2n) is 14.8. The minimum Gasteiger partial charge on any atom is -0.426 e. The van der Waals surface area contributed by atoms with Gasteiger partial charge in [-0.1, -0.05) is 71.3 Å². The Labute approximate surface area is 280 Å². The molecule has 4 aliphatic rings. The maximum absolute atomic E-state index is 15.8. The van der Waals surface area contributed by atoms with Gasteiger partial charge in [0.1, 0.15) is 11.7 Å². The number of carbonyl (C=O) groups excluding carboxylic acids is 2. The van der Waals surface area contributed by atoms with E-state index in [4.69, 9.17) is 18.3 Å². The molecule has 0 aromatic heterocycles. The first-order valence-corrected chi connectivity index (χ1v) is 23.1. The summed E-state index contributed by atoms with van der Waals surface area (Å²) in [5, 5.41) is 35.2. The van der Waals surface area contributed by atoms with Crippen molar-refractivity contribution in [1.29, 1.82) is 0 Å². The van der Waals surface area contributed by atoms with Crippen molar-refractivity contribution in [3.63, 3.8) is 0 Å². The summed E-state index contributed by atoms with van der Waals surface area (Å²) >= 11 is 3.71. The summed E-state index contributed by atoms with van der Waals surface area (Å²) in [7, 11) is -4.80. The minimum atomic E-state index is -2.47. The van der Waals surface area contributed by atoms with Crippen LogP contribution >= 0.6 is 15.9 Å². The Hall–Kier alpha value is -0.606. The third-order valence-corrected chi connectivity index (χ3v) is 23.6. The van der Waals surface area contributed by atoms with Gasteiger partial charge >= 0.3 is 6.16 Å². The van der Waals surface area contributed by atoms with Crippen LogP contribution in [-0.2, 0) is 23.1 Å². The number of alkyl halides is 1. The number of rotatable bonds is 11. The van der Waals surface area contributed by atoms with E-state index in [1.54, 1.807) is 0 Å². The van der Waals surface area contributed by atoms with Gasteiger partial charge in [-0.2, -0.15) is 0 Å². The Morgan fingerprint density at radius 1 is 0.933 bits per heavy atom. The minimum absolute atomic E-state index is 0.0225. The van der Waals surface area contributed by atoms with E-state index in [0.29, 0.717) is 11.1 Å². The molecule has 0 aromatic rings. The fraction of sp³-hybridized carbons (Fsp3) is 0.879. The number of fused-ring (bicyclic) bond motifs is 3. The molecule has 9 nitrogen and oxygen atoms in total. The molecule has 2 saturated carbocycles. The van der Waals surface area contributed by atoms with E-state index < -0.39 is 86.6 Å². The average molecular weight is 734 g/mol. The number of carbonyl (C=O) groups is 2. The van der Waals surface area contributed by atoms with Crippen LogP contribution in [0.4, 0.5) is 4.79 Å². The molecule has 1 aliphatic heterocycles. The molecule has 3 aliphatic carbocycles. The zero-order valence-corrected chi connectivity index (χ0v) is 32.6. The summed E-state index contributed by atoms with van der Waals surface area (Å²) < 4.78 is 26.7. The Bertz CT molecular complexity index is 1170. The standard InChI is InChI=1S/C33H57BrO9Si2/c1-11-44(12-2,13-3)42-23-17-22(34)32(39,19-35)26-28-33(41-29(38)40-28)18-21(36)20(7)24(30(33,8)9)25(27(37)31(23,26)10)43-45(14-4,15-5)16-6/h21-23,25-26,28,35-36,39H,11-19H2,1-10H3/t21-,22-,23-,25+,26-,28-,31+,32-,33+/m0/s1. The molecule has 1 spiro atoms. The van der Waals surface area contributed by atoms with Crippen LogP contribution < -0.4 is 0 Å². The lowest BCUT2D eigenvalue weighted by Gasteiger charge is -2.64. The summed E-state index contributed by atoms with van der Waals surface area (Å²) in [4.78, 5) is 28.4. The van der Waals surface area contributed by atoms with Gasteiger partial charge in [0, 0.05) is 22.6 Å². The van der Waals surface area contributed by atoms with Crippen molar-refractivity contribution in [2.24, 2.45) is 16.7 Å². The van der Waals surface area contributed by atoms with Gasteiger partial charge in [0.2, 0.25) is 0 Å². The van der Waals surface area contributed by atoms with Gasteiger partial charge in [0.15, 0.2) is 34.1 Å². The average Bonchev–Trinajstić information content (AvgIpc) is 3.34. The normalized spacial score (nSPS) is 39.9. The summed E-state index contributed by atoms with van der Waals surface area (Å²) in [6.07, 6.45) is -4.54. The highest BCUT2D eigenvalue weighted by atomic mass is 79.9. The molecule has 9 atom stereocenters. The third kappa shape index (κ3) is 5.22. The molecule has 0 unspecified atom stereocenters. The zero-order chi connectivity index (χ0) is 34.0. The van der Waals surface area contributed by atoms with Gasteiger partial charge in [0.05, 0.1) is 24.2 Å². The second kappa shape index (κ2) is 12.7. The molecular weight excluding hydrogens is 676 g/mol. The first-order chi connectivity index (χ1) is 20.9. The van der Waals surface area contributed by atoms with Crippen LogP contribution in [0.3, 0.4) is 0 Å². The van der Waals surface area contributed by atoms with Crippen molar-refractivity contribution >= 4 is 44.5 Å². The highest BCUT2D eigenvalue weighted by Crippen LogP contribution is 2.65. The molecule has 4 rings (SSSR count). The molecule has 0 radical (unpaired) electrons. The van der Waals surface area contributed by atoms with Gasteiger partial charge in [-0.3, -0.25) is 4.79 Å². The molecule has 2 bridgehead atoms. The van der Waals surface area contributed by atoms with Crippen molar-refractivity contribution in [1.82, 2.24) is 0 Å². The molecule has 45 heavy (non-hydrogen) atoms. The van der Waals surface area contributed by atoms with Crippen LogP contribution in [0.1, 0.15) is 82.1 Å². The van der Waals surface area contributed by atoms with E-state index in [1.165, 1.54) is 0 Å². The Morgan fingerprint density at radius 2 is 1.44 bits per heavy atom.